The third kappa shape index (κ3) is 2.56. The highest BCUT2D eigenvalue weighted by atomic mass is 19.1. The van der Waals surface area contributed by atoms with E-state index in [4.69, 9.17) is 4.74 Å². The Kier molecular flexibility index (Phi) is 3.73. The Balaban J connectivity index is 1.64. The topological polar surface area (TPSA) is 45.7 Å². The van der Waals surface area contributed by atoms with E-state index >= 15 is 0 Å². The normalized spacial score (nSPS) is 24.4. The fourth-order valence-electron chi connectivity index (χ4n) is 3.65. The predicted molar refractivity (Wildman–Crippen MR) is 88.5 cm³/mol. The lowest BCUT2D eigenvalue weighted by molar-refractivity contribution is -0.0368. The summed E-state index contributed by atoms with van der Waals surface area (Å²) in [6, 6.07) is 6.51. The quantitative estimate of drug-likeness (QED) is 0.801. The second-order valence-electron chi connectivity index (χ2n) is 6.63. The third-order valence-corrected chi connectivity index (χ3v) is 5.07. The summed E-state index contributed by atoms with van der Waals surface area (Å²) >= 11 is 0. The van der Waals surface area contributed by atoms with E-state index in [0.29, 0.717) is 36.5 Å². The van der Waals surface area contributed by atoms with Crippen LogP contribution in [0.1, 0.15) is 16.1 Å². The van der Waals surface area contributed by atoms with Gasteiger partial charge in [-0.05, 0) is 32.2 Å². The van der Waals surface area contributed by atoms with Crippen LogP contribution in [-0.2, 0) is 4.74 Å². The summed E-state index contributed by atoms with van der Waals surface area (Å²) in [5.41, 5.74) is 1.78. The zero-order chi connectivity index (χ0) is 16.8. The molecule has 2 aliphatic rings. The molecule has 1 aromatic carbocycles. The first kappa shape index (κ1) is 15.5. The highest BCUT2D eigenvalue weighted by Gasteiger charge is 2.40. The summed E-state index contributed by atoms with van der Waals surface area (Å²) in [5, 5.41) is 0.773. The van der Waals surface area contributed by atoms with E-state index in [1.165, 1.54) is 12.1 Å². The SMILES string of the molecule is Cc1nc2cc(F)ccc2cc1C(=O)N1C[C@H]2OCCN(C)[C@H]2C1. The van der Waals surface area contributed by atoms with Gasteiger partial charge in [-0.25, -0.2) is 4.39 Å². The van der Waals surface area contributed by atoms with Gasteiger partial charge in [0.05, 0.1) is 35.5 Å². The molecule has 24 heavy (non-hydrogen) atoms. The lowest BCUT2D eigenvalue weighted by atomic mass is 10.1. The first-order valence-electron chi connectivity index (χ1n) is 8.21. The standard InChI is InChI=1S/C18H20FN3O2/c1-11-14(7-12-3-4-13(19)8-15(12)20-11)18(23)22-9-16-17(10-22)24-6-5-21(16)2/h3-4,7-8,16-17H,5-6,9-10H2,1-2H3/t16-,17+/m0/s1. The van der Waals surface area contributed by atoms with E-state index < -0.39 is 0 Å². The minimum absolute atomic E-state index is 0.0300. The molecule has 3 heterocycles. The number of benzene rings is 1. The van der Waals surface area contributed by atoms with Crippen LogP contribution in [0.3, 0.4) is 0 Å². The first-order valence-corrected chi connectivity index (χ1v) is 8.21. The maximum atomic E-state index is 13.3. The van der Waals surface area contributed by atoms with Crippen LogP contribution in [0.15, 0.2) is 24.3 Å². The van der Waals surface area contributed by atoms with Crippen molar-refractivity contribution in [1.82, 2.24) is 14.8 Å². The average molecular weight is 329 g/mol. The molecule has 0 spiro atoms. The molecule has 0 N–H and O–H groups in total. The molecule has 126 valence electrons. The molecule has 4 rings (SSSR count). The highest BCUT2D eigenvalue weighted by Crippen LogP contribution is 2.25. The van der Waals surface area contributed by atoms with E-state index in [9.17, 15) is 9.18 Å². The number of aryl methyl sites for hydroxylation is 1. The molecule has 1 aromatic heterocycles. The zero-order valence-corrected chi connectivity index (χ0v) is 13.8. The van der Waals surface area contributed by atoms with Gasteiger partial charge >= 0.3 is 0 Å². The number of nitrogens with zero attached hydrogens (tertiary/aromatic N) is 3. The van der Waals surface area contributed by atoms with Crippen molar-refractivity contribution in [1.29, 1.82) is 0 Å². The van der Waals surface area contributed by atoms with E-state index in [1.54, 1.807) is 13.0 Å². The second-order valence-corrected chi connectivity index (χ2v) is 6.63. The summed E-state index contributed by atoms with van der Waals surface area (Å²) < 4.78 is 19.2. The maximum Gasteiger partial charge on any atom is 0.255 e. The van der Waals surface area contributed by atoms with Gasteiger partial charge in [0.2, 0.25) is 0 Å². The van der Waals surface area contributed by atoms with Crippen LogP contribution in [0.2, 0.25) is 0 Å². The van der Waals surface area contributed by atoms with Crippen LogP contribution < -0.4 is 0 Å². The molecule has 2 saturated heterocycles. The smallest absolute Gasteiger partial charge is 0.255 e. The van der Waals surface area contributed by atoms with E-state index in [0.717, 1.165) is 11.9 Å². The van der Waals surface area contributed by atoms with Gasteiger partial charge in [-0.1, -0.05) is 0 Å². The number of pyridine rings is 1. The number of likely N-dealkylation sites (tertiary alicyclic amines) is 1. The summed E-state index contributed by atoms with van der Waals surface area (Å²) in [6.07, 6.45) is 0.0792. The third-order valence-electron chi connectivity index (χ3n) is 5.07. The van der Waals surface area contributed by atoms with Crippen LogP contribution >= 0.6 is 0 Å². The van der Waals surface area contributed by atoms with Crippen molar-refractivity contribution in [3.63, 3.8) is 0 Å². The van der Waals surface area contributed by atoms with Crippen LogP contribution in [0.25, 0.3) is 10.9 Å². The highest BCUT2D eigenvalue weighted by molar-refractivity contribution is 5.98. The van der Waals surface area contributed by atoms with Gasteiger partial charge < -0.3 is 9.64 Å². The number of carbonyl (C=O) groups is 1. The molecule has 0 aliphatic carbocycles. The number of amides is 1. The molecule has 0 unspecified atom stereocenters. The van der Waals surface area contributed by atoms with E-state index in [1.807, 2.05) is 11.0 Å². The zero-order valence-electron chi connectivity index (χ0n) is 13.8. The number of rotatable bonds is 1. The van der Waals surface area contributed by atoms with Crippen molar-refractivity contribution in [2.45, 2.75) is 19.1 Å². The Bertz CT molecular complexity index is 810. The monoisotopic (exact) mass is 329 g/mol. The molecule has 5 nitrogen and oxygen atoms in total. The number of hydrogen-bond acceptors (Lipinski definition) is 4. The molecule has 2 fully saturated rings. The van der Waals surface area contributed by atoms with E-state index in [2.05, 4.69) is 16.9 Å². The predicted octanol–water partition coefficient (Wildman–Crippen LogP) is 1.84. The Morgan fingerprint density at radius 3 is 2.96 bits per heavy atom. The first-order chi connectivity index (χ1) is 11.5. The molecule has 0 radical (unpaired) electrons. The summed E-state index contributed by atoms with van der Waals surface area (Å²) in [6.45, 7) is 4.67. The minimum Gasteiger partial charge on any atom is -0.373 e. The molecule has 0 saturated carbocycles. The summed E-state index contributed by atoms with van der Waals surface area (Å²) in [5.74, 6) is -0.352. The number of aromatic nitrogens is 1. The van der Waals surface area contributed by atoms with Crippen molar-refractivity contribution in [2.24, 2.45) is 0 Å². The number of hydrogen-bond donors (Lipinski definition) is 0. The average Bonchev–Trinajstić information content (AvgIpc) is 2.99. The van der Waals surface area contributed by atoms with Gasteiger partial charge in [-0.3, -0.25) is 14.7 Å². The van der Waals surface area contributed by atoms with Crippen LogP contribution in [0.5, 0.6) is 0 Å². The van der Waals surface area contributed by atoms with Crippen molar-refractivity contribution < 1.29 is 13.9 Å². The molecule has 0 bridgehead atoms. The summed E-state index contributed by atoms with van der Waals surface area (Å²) in [4.78, 5) is 21.5. The van der Waals surface area contributed by atoms with Crippen LogP contribution in [-0.4, -0.2) is 66.1 Å². The van der Waals surface area contributed by atoms with Gasteiger partial charge in [-0.15, -0.1) is 0 Å². The lowest BCUT2D eigenvalue weighted by Crippen LogP contribution is -2.48. The van der Waals surface area contributed by atoms with Gasteiger partial charge in [0.25, 0.3) is 5.91 Å². The number of carbonyl (C=O) groups excluding carboxylic acids is 1. The minimum atomic E-state index is -0.322. The van der Waals surface area contributed by atoms with E-state index in [-0.39, 0.29) is 23.9 Å². The largest absolute Gasteiger partial charge is 0.373 e. The molecular weight excluding hydrogens is 309 g/mol. The Morgan fingerprint density at radius 2 is 2.17 bits per heavy atom. The molecule has 1 amide bonds. The maximum absolute atomic E-state index is 13.3. The van der Waals surface area contributed by atoms with Gasteiger partial charge in [-0.2, -0.15) is 0 Å². The fraction of sp³-hybridized carbons (Fsp3) is 0.444. The van der Waals surface area contributed by atoms with Gasteiger partial charge in [0, 0.05) is 31.1 Å². The van der Waals surface area contributed by atoms with Gasteiger partial charge in [0.15, 0.2) is 0 Å². The molecule has 2 aromatic rings. The molecule has 2 aliphatic heterocycles. The number of morpholine rings is 1. The number of likely N-dealkylation sites (N-methyl/N-ethyl adjacent to an activating group) is 1. The van der Waals surface area contributed by atoms with Crippen LogP contribution in [0, 0.1) is 12.7 Å². The molecule has 6 heteroatoms. The Hall–Kier alpha value is -2.05. The van der Waals surface area contributed by atoms with Gasteiger partial charge in [0.1, 0.15) is 5.82 Å². The van der Waals surface area contributed by atoms with Crippen molar-refractivity contribution in [3.05, 3.63) is 41.3 Å². The lowest BCUT2D eigenvalue weighted by Gasteiger charge is -2.33. The Morgan fingerprint density at radius 1 is 1.33 bits per heavy atom. The second kappa shape index (κ2) is 5.79. The molecule has 2 atom stereocenters. The number of halogens is 1. The van der Waals surface area contributed by atoms with Crippen molar-refractivity contribution >= 4 is 16.8 Å². The van der Waals surface area contributed by atoms with Crippen molar-refractivity contribution in [3.8, 4) is 0 Å². The van der Waals surface area contributed by atoms with Crippen LogP contribution in [0.4, 0.5) is 4.39 Å². The fourth-order valence-corrected chi connectivity index (χ4v) is 3.65. The summed E-state index contributed by atoms with van der Waals surface area (Å²) in [7, 11) is 2.07. The number of ether oxygens (including phenoxy) is 1. The van der Waals surface area contributed by atoms with Crippen molar-refractivity contribution in [2.75, 3.05) is 33.3 Å². The Labute approximate surface area is 140 Å². The number of fused-ring (bicyclic) bond motifs is 2. The molecular formula is C18H20FN3O2.